The number of aromatic nitrogens is 1. The predicted molar refractivity (Wildman–Crippen MR) is 85.5 cm³/mol. The highest BCUT2D eigenvalue weighted by Crippen LogP contribution is 2.18. The van der Waals surface area contributed by atoms with Crippen molar-refractivity contribution in [2.24, 2.45) is 5.92 Å². The van der Waals surface area contributed by atoms with Crippen LogP contribution in [0.2, 0.25) is 0 Å². The lowest BCUT2D eigenvalue weighted by Gasteiger charge is -2.21. The molecule has 0 saturated carbocycles. The van der Waals surface area contributed by atoms with E-state index in [1.165, 1.54) is 17.8 Å². The molecule has 1 heterocycles. The minimum Gasteiger partial charge on any atom is -0.357 e. The van der Waals surface area contributed by atoms with E-state index in [1.807, 2.05) is 32.8 Å². The van der Waals surface area contributed by atoms with Crippen molar-refractivity contribution in [3.8, 4) is 0 Å². The second-order valence-electron chi connectivity index (χ2n) is 6.20. The first-order chi connectivity index (χ1) is 10.3. The Hall–Kier alpha value is -1.69. The monoisotopic (exact) mass is 311 g/mol. The molecule has 124 valence electrons. The van der Waals surface area contributed by atoms with Gasteiger partial charge in [0.05, 0.1) is 0 Å². The van der Waals surface area contributed by atoms with Crippen LogP contribution in [0.5, 0.6) is 0 Å². The third-order valence-corrected chi connectivity index (χ3v) is 3.51. The summed E-state index contributed by atoms with van der Waals surface area (Å²) in [4.78, 5) is 26.1. The normalized spacial score (nSPS) is 12.7. The van der Waals surface area contributed by atoms with E-state index in [2.05, 4.69) is 5.32 Å². The van der Waals surface area contributed by atoms with Crippen molar-refractivity contribution in [3.05, 3.63) is 34.0 Å². The van der Waals surface area contributed by atoms with Crippen LogP contribution in [0.4, 0.5) is 4.39 Å². The lowest BCUT2D eigenvalue weighted by atomic mass is 10.0. The summed E-state index contributed by atoms with van der Waals surface area (Å²) < 4.78 is 15.3. The van der Waals surface area contributed by atoms with Gasteiger partial charge in [-0.2, -0.15) is 0 Å². The zero-order valence-corrected chi connectivity index (χ0v) is 14.0. The summed E-state index contributed by atoms with van der Waals surface area (Å²) >= 11 is 0. The largest absolute Gasteiger partial charge is 0.357 e. The Kier molecular flexibility index (Phi) is 6.74. The van der Waals surface area contributed by atoms with E-state index in [-0.39, 0.29) is 11.8 Å². The SMILES string of the molecule is CNC(=O)C(CC(C)C)n1cc(CCN(C)C)c(F)cc1=O. The van der Waals surface area contributed by atoms with E-state index in [0.717, 1.165) is 6.07 Å². The van der Waals surface area contributed by atoms with Crippen molar-refractivity contribution in [1.82, 2.24) is 14.8 Å². The summed E-state index contributed by atoms with van der Waals surface area (Å²) in [6.07, 6.45) is 2.50. The van der Waals surface area contributed by atoms with Gasteiger partial charge in [0.25, 0.3) is 5.56 Å². The molecule has 1 amide bonds. The number of nitrogens with one attached hydrogen (secondary N) is 1. The Balaban J connectivity index is 3.21. The number of rotatable bonds is 7. The number of hydrogen-bond acceptors (Lipinski definition) is 3. The van der Waals surface area contributed by atoms with Crippen LogP contribution in [0.25, 0.3) is 0 Å². The van der Waals surface area contributed by atoms with Gasteiger partial charge in [-0.05, 0) is 32.9 Å². The van der Waals surface area contributed by atoms with Gasteiger partial charge in [0.2, 0.25) is 5.91 Å². The maximum absolute atomic E-state index is 14.0. The fourth-order valence-electron chi connectivity index (χ4n) is 2.30. The van der Waals surface area contributed by atoms with E-state index in [4.69, 9.17) is 0 Å². The molecule has 0 bridgehead atoms. The molecule has 1 rings (SSSR count). The van der Waals surface area contributed by atoms with Crippen molar-refractivity contribution in [3.63, 3.8) is 0 Å². The van der Waals surface area contributed by atoms with Crippen LogP contribution >= 0.6 is 0 Å². The summed E-state index contributed by atoms with van der Waals surface area (Å²) in [5.74, 6) is -0.506. The molecule has 6 heteroatoms. The Bertz CT molecular complexity index is 567. The molecule has 0 saturated heterocycles. The number of amides is 1. The molecule has 5 nitrogen and oxygen atoms in total. The second-order valence-corrected chi connectivity index (χ2v) is 6.20. The van der Waals surface area contributed by atoms with Gasteiger partial charge in [0.1, 0.15) is 11.9 Å². The van der Waals surface area contributed by atoms with Gasteiger partial charge >= 0.3 is 0 Å². The molecule has 1 aromatic rings. The Morgan fingerprint density at radius 2 is 2.05 bits per heavy atom. The number of hydrogen-bond donors (Lipinski definition) is 1. The average Bonchev–Trinajstić information content (AvgIpc) is 2.43. The molecule has 0 aliphatic rings. The molecule has 0 radical (unpaired) electrons. The minimum absolute atomic E-state index is 0.235. The molecule has 0 fully saturated rings. The highest BCUT2D eigenvalue weighted by Gasteiger charge is 2.22. The Morgan fingerprint density at radius 1 is 1.41 bits per heavy atom. The van der Waals surface area contributed by atoms with E-state index >= 15 is 0 Å². The van der Waals surface area contributed by atoms with Gasteiger partial charge in [-0.15, -0.1) is 0 Å². The van der Waals surface area contributed by atoms with E-state index in [9.17, 15) is 14.0 Å². The van der Waals surface area contributed by atoms with Crippen molar-refractivity contribution < 1.29 is 9.18 Å². The average molecular weight is 311 g/mol. The molecule has 0 aromatic carbocycles. The zero-order valence-electron chi connectivity index (χ0n) is 14.0. The standard InChI is InChI=1S/C16H26FN3O2/c1-11(2)8-14(16(22)18-3)20-10-12(6-7-19(4)5)13(17)9-15(20)21/h9-11,14H,6-8H2,1-5H3,(H,18,22). The van der Waals surface area contributed by atoms with Crippen LogP contribution < -0.4 is 10.9 Å². The van der Waals surface area contributed by atoms with Crippen molar-refractivity contribution in [2.45, 2.75) is 32.7 Å². The number of pyridine rings is 1. The molecule has 1 atom stereocenters. The van der Waals surface area contributed by atoms with Crippen molar-refractivity contribution in [1.29, 1.82) is 0 Å². The smallest absolute Gasteiger partial charge is 0.254 e. The van der Waals surface area contributed by atoms with Gasteiger partial charge in [-0.3, -0.25) is 9.59 Å². The molecule has 0 aliphatic heterocycles. The molecular formula is C16H26FN3O2. The number of nitrogens with zero attached hydrogens (tertiary/aromatic N) is 2. The molecule has 1 unspecified atom stereocenters. The van der Waals surface area contributed by atoms with Crippen LogP contribution in [0.3, 0.4) is 0 Å². The third kappa shape index (κ3) is 4.94. The lowest BCUT2D eigenvalue weighted by molar-refractivity contribution is -0.124. The van der Waals surface area contributed by atoms with Crippen LogP contribution in [-0.2, 0) is 11.2 Å². The Morgan fingerprint density at radius 3 is 2.55 bits per heavy atom. The number of likely N-dealkylation sites (N-methyl/N-ethyl adjacent to an activating group) is 2. The van der Waals surface area contributed by atoms with Crippen molar-refractivity contribution >= 4 is 5.91 Å². The molecule has 22 heavy (non-hydrogen) atoms. The minimum atomic E-state index is -0.615. The van der Waals surface area contributed by atoms with Crippen LogP contribution in [-0.4, -0.2) is 43.1 Å². The Labute approximate surface area is 131 Å². The summed E-state index contributed by atoms with van der Waals surface area (Å²) in [6, 6.07) is 0.359. The molecule has 0 aliphatic carbocycles. The number of carbonyl (C=O) groups is 1. The second kappa shape index (κ2) is 8.08. The summed E-state index contributed by atoms with van der Waals surface area (Å²) in [5.41, 5.74) is -0.0358. The van der Waals surface area contributed by atoms with Gasteiger partial charge in [-0.25, -0.2) is 4.39 Å². The summed E-state index contributed by atoms with van der Waals surface area (Å²) in [7, 11) is 5.34. The van der Waals surface area contributed by atoms with Crippen LogP contribution in [0.15, 0.2) is 17.1 Å². The number of carbonyl (C=O) groups excluding carboxylic acids is 1. The topological polar surface area (TPSA) is 54.3 Å². The summed E-state index contributed by atoms with van der Waals surface area (Å²) in [6.45, 7) is 4.64. The van der Waals surface area contributed by atoms with Gasteiger partial charge in [-0.1, -0.05) is 13.8 Å². The molecule has 0 spiro atoms. The first-order valence-electron chi connectivity index (χ1n) is 7.53. The van der Waals surface area contributed by atoms with Crippen molar-refractivity contribution in [2.75, 3.05) is 27.7 Å². The molecule has 1 aromatic heterocycles. The fraction of sp³-hybridized carbons (Fsp3) is 0.625. The molecule has 1 N–H and O–H groups in total. The van der Waals surface area contributed by atoms with Crippen LogP contribution in [0.1, 0.15) is 31.9 Å². The van der Waals surface area contributed by atoms with E-state index < -0.39 is 17.4 Å². The molecular weight excluding hydrogens is 285 g/mol. The number of halogens is 1. The quantitative estimate of drug-likeness (QED) is 0.829. The highest BCUT2D eigenvalue weighted by atomic mass is 19.1. The van der Waals surface area contributed by atoms with Crippen LogP contribution in [0, 0.1) is 11.7 Å². The fourth-order valence-corrected chi connectivity index (χ4v) is 2.30. The third-order valence-electron chi connectivity index (χ3n) is 3.51. The van der Waals surface area contributed by atoms with Gasteiger partial charge < -0.3 is 14.8 Å². The first-order valence-corrected chi connectivity index (χ1v) is 7.53. The predicted octanol–water partition coefficient (Wildman–Crippen LogP) is 1.42. The lowest BCUT2D eigenvalue weighted by Crippen LogP contribution is -2.36. The maximum atomic E-state index is 14.0. The van der Waals surface area contributed by atoms with Gasteiger partial charge in [0, 0.05) is 31.4 Å². The van der Waals surface area contributed by atoms with E-state index in [0.29, 0.717) is 24.9 Å². The highest BCUT2D eigenvalue weighted by molar-refractivity contribution is 5.79. The van der Waals surface area contributed by atoms with Gasteiger partial charge in [0.15, 0.2) is 0 Å². The zero-order chi connectivity index (χ0) is 16.9. The maximum Gasteiger partial charge on any atom is 0.254 e. The first kappa shape index (κ1) is 18.4. The summed E-state index contributed by atoms with van der Waals surface area (Å²) in [5, 5.41) is 2.58. The van der Waals surface area contributed by atoms with E-state index in [1.54, 1.807) is 0 Å².